The van der Waals surface area contributed by atoms with Crippen molar-refractivity contribution in [2.45, 2.75) is 23.6 Å². The van der Waals surface area contributed by atoms with E-state index in [0.717, 1.165) is 0 Å². The molecule has 9 heteroatoms. The molecular weight excluding hydrogens is 328 g/mol. The number of rotatable bonds is 4. The standard InChI is InChI=1S/C13H18N2O5S2/c1-8-12(6-19-9(2)16)15(5)11(18)13(14(8)4,22-21-12)7-20-10(3)17/h1,6-7H2,2-5H3/t12-,13-/m0/s1. The van der Waals surface area contributed by atoms with Gasteiger partial charge in [-0.3, -0.25) is 14.4 Å². The van der Waals surface area contributed by atoms with Crippen molar-refractivity contribution in [2.75, 3.05) is 27.3 Å². The van der Waals surface area contributed by atoms with Crippen LogP contribution in [0.3, 0.4) is 0 Å². The van der Waals surface area contributed by atoms with Gasteiger partial charge in [0.05, 0.1) is 0 Å². The first-order chi connectivity index (χ1) is 10.2. The summed E-state index contributed by atoms with van der Waals surface area (Å²) in [6.07, 6.45) is 0. The molecule has 0 N–H and O–H groups in total. The van der Waals surface area contributed by atoms with Gasteiger partial charge in [-0.15, -0.1) is 0 Å². The average molecular weight is 346 g/mol. The normalized spacial score (nSPS) is 30.5. The lowest BCUT2D eigenvalue weighted by Gasteiger charge is -2.60. The van der Waals surface area contributed by atoms with Crippen molar-refractivity contribution in [3.63, 3.8) is 0 Å². The Balaban J connectivity index is 2.33. The van der Waals surface area contributed by atoms with E-state index in [1.807, 2.05) is 0 Å². The van der Waals surface area contributed by atoms with E-state index >= 15 is 0 Å². The minimum Gasteiger partial charge on any atom is -0.462 e. The van der Waals surface area contributed by atoms with E-state index < -0.39 is 21.7 Å². The smallest absolute Gasteiger partial charge is 0.302 e. The lowest BCUT2D eigenvalue weighted by atomic mass is 10.0. The van der Waals surface area contributed by atoms with Gasteiger partial charge in [0.2, 0.25) is 4.87 Å². The fourth-order valence-electron chi connectivity index (χ4n) is 2.36. The number of fused-ring (bicyclic) bond motifs is 3. The summed E-state index contributed by atoms with van der Waals surface area (Å²) >= 11 is 0. The van der Waals surface area contributed by atoms with Crippen LogP contribution in [0.25, 0.3) is 0 Å². The van der Waals surface area contributed by atoms with Gasteiger partial charge < -0.3 is 19.3 Å². The van der Waals surface area contributed by atoms with Crippen molar-refractivity contribution in [3.8, 4) is 0 Å². The molecule has 3 saturated heterocycles. The third-order valence-corrected chi connectivity index (χ3v) is 7.57. The quantitative estimate of drug-likeness (QED) is 0.547. The Bertz CT molecular complexity index is 507. The molecule has 2 atom stereocenters. The Morgan fingerprint density at radius 1 is 1.05 bits per heavy atom. The van der Waals surface area contributed by atoms with Gasteiger partial charge in [0.25, 0.3) is 5.91 Å². The Morgan fingerprint density at radius 3 is 2.00 bits per heavy atom. The molecule has 1 amide bonds. The zero-order valence-electron chi connectivity index (χ0n) is 12.9. The molecule has 7 nitrogen and oxygen atoms in total. The molecule has 0 aromatic heterocycles. The number of ether oxygens (including phenoxy) is 2. The highest BCUT2D eigenvalue weighted by Gasteiger charge is 2.65. The first-order valence-corrected chi connectivity index (χ1v) is 8.67. The molecule has 2 bridgehead atoms. The highest BCUT2D eigenvalue weighted by molar-refractivity contribution is 8.78. The van der Waals surface area contributed by atoms with Crippen LogP contribution < -0.4 is 0 Å². The van der Waals surface area contributed by atoms with Gasteiger partial charge in [0.15, 0.2) is 4.87 Å². The van der Waals surface area contributed by atoms with Crippen LogP contribution in [0.15, 0.2) is 12.3 Å². The van der Waals surface area contributed by atoms with E-state index in [1.165, 1.54) is 40.3 Å². The van der Waals surface area contributed by atoms with Gasteiger partial charge in [-0.05, 0) is 10.8 Å². The van der Waals surface area contributed by atoms with E-state index in [0.29, 0.717) is 5.70 Å². The summed E-state index contributed by atoms with van der Waals surface area (Å²) in [6, 6.07) is 0. The number of hydrogen-bond donors (Lipinski definition) is 0. The minimum absolute atomic E-state index is 0.0229. The maximum absolute atomic E-state index is 12.8. The lowest BCUT2D eigenvalue weighted by Crippen LogP contribution is -2.73. The zero-order valence-corrected chi connectivity index (χ0v) is 14.5. The maximum Gasteiger partial charge on any atom is 0.302 e. The van der Waals surface area contributed by atoms with Gasteiger partial charge in [0.1, 0.15) is 13.2 Å². The predicted molar refractivity (Wildman–Crippen MR) is 83.6 cm³/mol. The first kappa shape index (κ1) is 17.0. The summed E-state index contributed by atoms with van der Waals surface area (Å²) in [5.74, 6) is -1.07. The Labute approximate surface area is 136 Å². The fraction of sp³-hybridized carbons (Fsp3) is 0.615. The van der Waals surface area contributed by atoms with Crippen molar-refractivity contribution in [1.29, 1.82) is 0 Å². The number of nitrogens with zero attached hydrogens (tertiary/aromatic N) is 2. The van der Waals surface area contributed by atoms with Crippen molar-refractivity contribution >= 4 is 39.4 Å². The Morgan fingerprint density at radius 2 is 1.50 bits per heavy atom. The van der Waals surface area contributed by atoms with Gasteiger partial charge in [-0.25, -0.2) is 0 Å². The second-order valence-corrected chi connectivity index (χ2v) is 7.85. The molecule has 0 unspecified atom stereocenters. The Kier molecular flexibility index (Phi) is 4.40. The van der Waals surface area contributed by atoms with Crippen molar-refractivity contribution in [3.05, 3.63) is 12.3 Å². The molecule has 122 valence electrons. The number of hydrogen-bond acceptors (Lipinski definition) is 8. The van der Waals surface area contributed by atoms with Gasteiger partial charge in [0, 0.05) is 33.6 Å². The van der Waals surface area contributed by atoms with Crippen LogP contribution >= 0.6 is 21.6 Å². The highest BCUT2D eigenvalue weighted by Crippen LogP contribution is 2.61. The molecule has 0 aromatic carbocycles. The number of piperazine rings is 1. The van der Waals surface area contributed by atoms with Crippen LogP contribution in [0, 0.1) is 0 Å². The second kappa shape index (κ2) is 5.69. The zero-order chi connectivity index (χ0) is 16.7. The van der Waals surface area contributed by atoms with Crippen molar-refractivity contribution in [2.24, 2.45) is 0 Å². The van der Waals surface area contributed by atoms with E-state index in [4.69, 9.17) is 9.47 Å². The van der Waals surface area contributed by atoms with Crippen LogP contribution in [-0.4, -0.2) is 64.7 Å². The van der Waals surface area contributed by atoms with Crippen molar-refractivity contribution in [1.82, 2.24) is 9.80 Å². The predicted octanol–water partition coefficient (Wildman–Crippen LogP) is 0.818. The summed E-state index contributed by atoms with van der Waals surface area (Å²) in [5.41, 5.74) is 0.631. The molecule has 3 fully saturated rings. The largest absolute Gasteiger partial charge is 0.462 e. The number of likely N-dealkylation sites (N-methyl/N-ethyl adjacent to an activating group) is 2. The number of carbonyl (C=O) groups is 3. The summed E-state index contributed by atoms with van der Waals surface area (Å²) < 4.78 is 10.2. The maximum atomic E-state index is 12.8. The van der Waals surface area contributed by atoms with Crippen LogP contribution in [0.2, 0.25) is 0 Å². The van der Waals surface area contributed by atoms with Crippen LogP contribution in [-0.2, 0) is 23.9 Å². The van der Waals surface area contributed by atoms with Gasteiger partial charge in [-0.2, -0.15) is 0 Å². The third-order valence-electron chi connectivity index (χ3n) is 3.84. The topological polar surface area (TPSA) is 76.2 Å². The molecule has 0 aromatic rings. The Hall–Kier alpha value is -1.35. The molecular formula is C13H18N2O5S2. The molecule has 0 saturated carbocycles. The number of amides is 1. The molecule has 3 aliphatic heterocycles. The summed E-state index contributed by atoms with van der Waals surface area (Å²) in [6.45, 7) is 6.63. The minimum atomic E-state index is -1.04. The van der Waals surface area contributed by atoms with Crippen LogP contribution in [0.1, 0.15) is 13.8 Å². The molecule has 22 heavy (non-hydrogen) atoms. The summed E-state index contributed by atoms with van der Waals surface area (Å²) in [7, 11) is 6.05. The fourth-order valence-corrected chi connectivity index (χ4v) is 6.00. The van der Waals surface area contributed by atoms with Crippen LogP contribution in [0.4, 0.5) is 0 Å². The summed E-state index contributed by atoms with van der Waals surface area (Å²) in [4.78, 5) is 36.4. The molecule has 0 spiro atoms. The number of carbonyl (C=O) groups excluding carboxylic acids is 3. The molecule has 0 radical (unpaired) electrons. The first-order valence-electron chi connectivity index (χ1n) is 6.52. The van der Waals surface area contributed by atoms with Crippen LogP contribution in [0.5, 0.6) is 0 Å². The van der Waals surface area contributed by atoms with Gasteiger partial charge in [-0.1, -0.05) is 17.4 Å². The average Bonchev–Trinajstić information content (AvgIpc) is 2.45. The number of esters is 2. The second-order valence-electron chi connectivity index (χ2n) is 5.17. The molecule has 3 rings (SSSR count). The van der Waals surface area contributed by atoms with E-state index in [-0.39, 0.29) is 19.1 Å². The monoisotopic (exact) mass is 346 g/mol. The van der Waals surface area contributed by atoms with E-state index in [9.17, 15) is 14.4 Å². The SMILES string of the molecule is C=C1N(C)[C@@]2(COC(C)=O)SS[C@]1(COC(C)=O)N(C)C2=O. The van der Waals surface area contributed by atoms with Gasteiger partial charge >= 0.3 is 11.9 Å². The molecule has 0 aliphatic carbocycles. The molecule has 3 heterocycles. The third kappa shape index (κ3) is 2.36. The van der Waals surface area contributed by atoms with E-state index in [2.05, 4.69) is 6.58 Å². The van der Waals surface area contributed by atoms with E-state index in [1.54, 1.807) is 19.0 Å². The highest BCUT2D eigenvalue weighted by atomic mass is 33.1. The summed E-state index contributed by atoms with van der Waals surface area (Å²) in [5, 5.41) is 0. The van der Waals surface area contributed by atoms with Crippen molar-refractivity contribution < 1.29 is 23.9 Å². The lowest BCUT2D eigenvalue weighted by molar-refractivity contribution is -0.158. The molecule has 3 aliphatic rings.